The molecule has 0 aromatic heterocycles. The van der Waals surface area contributed by atoms with Crippen LogP contribution in [-0.4, -0.2) is 0 Å². The normalized spacial score (nSPS) is 9.67. The van der Waals surface area contributed by atoms with E-state index in [-0.39, 0.29) is 5.56 Å². The minimum atomic E-state index is -0.863. The first kappa shape index (κ1) is 6.20. The Morgan fingerprint density at radius 3 is 2.33 bits per heavy atom. The molecule has 47 valence electrons. The fourth-order valence-electron chi connectivity index (χ4n) is 0.548. The van der Waals surface area contributed by atoms with Crippen molar-refractivity contribution in [2.75, 3.05) is 0 Å². The molecule has 0 fully saturated rings. The molecular weight excluding hydrogens is 122 g/mol. The summed E-state index contributed by atoms with van der Waals surface area (Å²) in [6.45, 7) is 3.27. The molecule has 0 nitrogen and oxygen atoms in total. The molecule has 0 saturated carbocycles. The molecule has 0 unspecified atom stereocenters. The lowest BCUT2D eigenvalue weighted by Gasteiger charge is -1.93. The Bertz CT molecular complexity index is 198. The van der Waals surface area contributed by atoms with Gasteiger partial charge in [-0.3, -0.25) is 0 Å². The second kappa shape index (κ2) is 2.13. The SMILES string of the molecule is [CH2]c1cccc(F)c1F. The zero-order valence-corrected chi connectivity index (χ0v) is 4.70. The van der Waals surface area contributed by atoms with Crippen LogP contribution in [0.5, 0.6) is 0 Å². The van der Waals surface area contributed by atoms with Crippen molar-refractivity contribution in [3.8, 4) is 0 Å². The molecule has 2 heteroatoms. The molecule has 1 aromatic rings. The second-order valence-corrected chi connectivity index (χ2v) is 1.71. The molecule has 1 radical (unpaired) electrons. The Balaban J connectivity index is 3.25. The molecule has 0 aliphatic carbocycles. The third-order valence-electron chi connectivity index (χ3n) is 1.03. The van der Waals surface area contributed by atoms with Crippen LogP contribution in [0.4, 0.5) is 8.78 Å². The summed E-state index contributed by atoms with van der Waals surface area (Å²) < 4.78 is 24.5. The van der Waals surface area contributed by atoms with Crippen LogP contribution in [0.3, 0.4) is 0 Å². The molecular formula is C7H5F2. The molecule has 0 atom stereocenters. The van der Waals surface area contributed by atoms with Gasteiger partial charge >= 0.3 is 0 Å². The van der Waals surface area contributed by atoms with Crippen molar-refractivity contribution in [1.82, 2.24) is 0 Å². The predicted octanol–water partition coefficient (Wildman–Crippen LogP) is 2.15. The summed E-state index contributed by atoms with van der Waals surface area (Å²) in [4.78, 5) is 0. The van der Waals surface area contributed by atoms with E-state index >= 15 is 0 Å². The molecule has 0 N–H and O–H groups in total. The Kier molecular flexibility index (Phi) is 1.47. The Labute approximate surface area is 52.1 Å². The van der Waals surface area contributed by atoms with E-state index in [4.69, 9.17) is 0 Å². The average molecular weight is 127 g/mol. The third kappa shape index (κ3) is 1.07. The highest BCUT2D eigenvalue weighted by atomic mass is 19.2. The van der Waals surface area contributed by atoms with Gasteiger partial charge in [-0.15, -0.1) is 0 Å². The van der Waals surface area contributed by atoms with Crippen LogP contribution in [-0.2, 0) is 0 Å². The summed E-state index contributed by atoms with van der Waals surface area (Å²) in [6.07, 6.45) is 0. The van der Waals surface area contributed by atoms with Gasteiger partial charge in [0.25, 0.3) is 0 Å². The smallest absolute Gasteiger partial charge is 0.162 e. The minimum Gasteiger partial charge on any atom is -0.204 e. The number of rotatable bonds is 0. The summed E-state index contributed by atoms with van der Waals surface area (Å²) in [5.41, 5.74) is 0.0926. The van der Waals surface area contributed by atoms with Crippen LogP contribution in [0.2, 0.25) is 0 Å². The molecule has 0 aliphatic rings. The van der Waals surface area contributed by atoms with Gasteiger partial charge in [0.2, 0.25) is 0 Å². The van der Waals surface area contributed by atoms with Crippen LogP contribution in [0.25, 0.3) is 0 Å². The van der Waals surface area contributed by atoms with Crippen molar-refractivity contribution in [2.24, 2.45) is 0 Å². The van der Waals surface area contributed by atoms with E-state index in [1.54, 1.807) is 0 Å². The summed E-state index contributed by atoms with van der Waals surface area (Å²) >= 11 is 0. The zero-order valence-electron chi connectivity index (χ0n) is 4.70. The van der Waals surface area contributed by atoms with E-state index in [9.17, 15) is 8.78 Å². The van der Waals surface area contributed by atoms with Crippen LogP contribution >= 0.6 is 0 Å². The van der Waals surface area contributed by atoms with E-state index in [2.05, 4.69) is 6.92 Å². The van der Waals surface area contributed by atoms with Crippen molar-refractivity contribution < 1.29 is 8.78 Å². The highest BCUT2D eigenvalue weighted by molar-refractivity contribution is 5.20. The number of benzene rings is 1. The molecule has 1 rings (SSSR count). The molecule has 0 amide bonds. The quantitative estimate of drug-likeness (QED) is 0.501. The predicted molar refractivity (Wildman–Crippen MR) is 30.8 cm³/mol. The maximum Gasteiger partial charge on any atom is 0.162 e. The third-order valence-corrected chi connectivity index (χ3v) is 1.03. The number of hydrogen-bond acceptors (Lipinski definition) is 0. The highest BCUT2D eigenvalue weighted by Gasteiger charge is 2.00. The Hall–Kier alpha value is -0.920. The van der Waals surface area contributed by atoms with Crippen LogP contribution in [0, 0.1) is 18.6 Å². The highest BCUT2D eigenvalue weighted by Crippen LogP contribution is 2.08. The molecule has 9 heavy (non-hydrogen) atoms. The lowest BCUT2D eigenvalue weighted by atomic mass is 10.2. The fourth-order valence-corrected chi connectivity index (χ4v) is 0.548. The van der Waals surface area contributed by atoms with E-state index in [0.29, 0.717) is 0 Å². The van der Waals surface area contributed by atoms with Gasteiger partial charge in [0.1, 0.15) is 0 Å². The maximum atomic E-state index is 12.3. The maximum absolute atomic E-state index is 12.3. The number of halogens is 2. The standard InChI is InChI=1S/C7H5F2/c1-5-3-2-4-6(8)7(5)9/h2-4H,1H2. The lowest BCUT2D eigenvalue weighted by Crippen LogP contribution is -1.85. The van der Waals surface area contributed by atoms with Gasteiger partial charge in [-0.2, -0.15) is 0 Å². The van der Waals surface area contributed by atoms with Crippen molar-refractivity contribution in [3.63, 3.8) is 0 Å². The van der Waals surface area contributed by atoms with Gasteiger partial charge in [0, 0.05) is 0 Å². The molecule has 0 bridgehead atoms. The summed E-state index contributed by atoms with van der Waals surface area (Å²) in [5.74, 6) is -1.71. The lowest BCUT2D eigenvalue weighted by molar-refractivity contribution is 0.505. The summed E-state index contributed by atoms with van der Waals surface area (Å²) in [7, 11) is 0. The van der Waals surface area contributed by atoms with Gasteiger partial charge in [0.15, 0.2) is 11.6 Å². The largest absolute Gasteiger partial charge is 0.204 e. The van der Waals surface area contributed by atoms with Crippen LogP contribution in [0.15, 0.2) is 18.2 Å². The Morgan fingerprint density at radius 1 is 1.22 bits per heavy atom. The first-order chi connectivity index (χ1) is 4.22. The van der Waals surface area contributed by atoms with E-state index in [0.717, 1.165) is 6.07 Å². The van der Waals surface area contributed by atoms with E-state index < -0.39 is 11.6 Å². The molecule has 0 saturated heterocycles. The summed E-state index contributed by atoms with van der Waals surface area (Å²) in [6, 6.07) is 3.89. The topological polar surface area (TPSA) is 0 Å². The molecule has 0 spiro atoms. The second-order valence-electron chi connectivity index (χ2n) is 1.71. The minimum absolute atomic E-state index is 0.0926. The van der Waals surface area contributed by atoms with Crippen LogP contribution in [0.1, 0.15) is 5.56 Å². The number of hydrogen-bond donors (Lipinski definition) is 0. The molecule has 0 aliphatic heterocycles. The van der Waals surface area contributed by atoms with Crippen molar-refractivity contribution >= 4 is 0 Å². The van der Waals surface area contributed by atoms with E-state index in [1.165, 1.54) is 12.1 Å². The monoisotopic (exact) mass is 127 g/mol. The van der Waals surface area contributed by atoms with Crippen LogP contribution < -0.4 is 0 Å². The zero-order chi connectivity index (χ0) is 6.85. The van der Waals surface area contributed by atoms with Gasteiger partial charge < -0.3 is 0 Å². The first-order valence-electron chi connectivity index (χ1n) is 2.48. The fraction of sp³-hybridized carbons (Fsp3) is 0. The average Bonchev–Trinajstić information content (AvgIpc) is 1.83. The first-order valence-corrected chi connectivity index (χ1v) is 2.48. The van der Waals surface area contributed by atoms with Gasteiger partial charge in [-0.25, -0.2) is 8.78 Å². The van der Waals surface area contributed by atoms with Gasteiger partial charge in [0.05, 0.1) is 0 Å². The Morgan fingerprint density at radius 2 is 1.89 bits per heavy atom. The van der Waals surface area contributed by atoms with Crippen molar-refractivity contribution in [1.29, 1.82) is 0 Å². The molecule has 1 aromatic carbocycles. The summed E-state index contributed by atoms with van der Waals surface area (Å²) in [5, 5.41) is 0. The van der Waals surface area contributed by atoms with E-state index in [1.807, 2.05) is 0 Å². The van der Waals surface area contributed by atoms with Gasteiger partial charge in [-0.05, 0) is 18.6 Å². The van der Waals surface area contributed by atoms with Crippen molar-refractivity contribution in [2.45, 2.75) is 0 Å². The van der Waals surface area contributed by atoms with Gasteiger partial charge in [-0.1, -0.05) is 12.1 Å². The molecule has 0 heterocycles. The van der Waals surface area contributed by atoms with Crippen molar-refractivity contribution in [3.05, 3.63) is 42.3 Å².